The highest BCUT2D eigenvalue weighted by molar-refractivity contribution is 5.56. The Morgan fingerprint density at radius 2 is 1.62 bits per heavy atom. The molecule has 110 valence electrons. The van der Waals surface area contributed by atoms with Gasteiger partial charge in [0.1, 0.15) is 0 Å². The molecule has 0 amide bonds. The summed E-state index contributed by atoms with van der Waals surface area (Å²) in [7, 11) is 0. The molecule has 2 nitrogen and oxygen atoms in total. The first-order valence-corrected chi connectivity index (χ1v) is 7.91. The zero-order chi connectivity index (χ0) is 14.7. The number of aryl methyl sites for hydroxylation is 1. The number of anilines is 2. The van der Waals surface area contributed by atoms with Crippen molar-refractivity contribution in [3.05, 3.63) is 59.7 Å². The third kappa shape index (κ3) is 3.21. The van der Waals surface area contributed by atoms with Crippen molar-refractivity contribution < 1.29 is 0 Å². The summed E-state index contributed by atoms with van der Waals surface area (Å²) in [6.07, 6.45) is 2.65. The summed E-state index contributed by atoms with van der Waals surface area (Å²) in [6.45, 7) is 6.79. The summed E-state index contributed by atoms with van der Waals surface area (Å²) in [5.74, 6) is 0. The Bertz CT molecular complexity index is 583. The fourth-order valence-electron chi connectivity index (χ4n) is 3.14. The molecular formula is C19H24N2. The summed E-state index contributed by atoms with van der Waals surface area (Å²) in [5, 5.41) is 3.60. The molecule has 2 aromatic carbocycles. The van der Waals surface area contributed by atoms with Crippen molar-refractivity contribution in [3.63, 3.8) is 0 Å². The molecule has 2 heteroatoms. The number of nitrogens with one attached hydrogen (secondary N) is 1. The number of hydrogen-bond donors (Lipinski definition) is 1. The van der Waals surface area contributed by atoms with Gasteiger partial charge in [0, 0.05) is 30.5 Å². The van der Waals surface area contributed by atoms with Gasteiger partial charge in [0.05, 0.1) is 0 Å². The van der Waals surface area contributed by atoms with Gasteiger partial charge in [0.2, 0.25) is 0 Å². The number of nitrogens with zero attached hydrogens (tertiary/aromatic N) is 1. The van der Waals surface area contributed by atoms with Gasteiger partial charge >= 0.3 is 0 Å². The first kappa shape index (κ1) is 14.0. The molecule has 1 N–H and O–H groups in total. The standard InChI is InChI=1S/C19H24N2/c1-15-7-3-4-8-19(15)16(2)20-17-9-11-18(12-10-17)21-13-5-6-14-21/h3-4,7-12,16,20H,5-6,13-14H2,1-2H3. The van der Waals surface area contributed by atoms with E-state index in [1.165, 1.54) is 48.4 Å². The molecule has 1 unspecified atom stereocenters. The Kier molecular flexibility index (Phi) is 4.14. The van der Waals surface area contributed by atoms with Crippen LogP contribution in [-0.4, -0.2) is 13.1 Å². The molecule has 1 heterocycles. The van der Waals surface area contributed by atoms with Gasteiger partial charge in [-0.25, -0.2) is 0 Å². The molecule has 1 saturated heterocycles. The molecule has 0 aliphatic carbocycles. The molecule has 0 spiro atoms. The average Bonchev–Trinajstić information content (AvgIpc) is 3.02. The van der Waals surface area contributed by atoms with Gasteiger partial charge in [-0.1, -0.05) is 24.3 Å². The first-order valence-electron chi connectivity index (χ1n) is 7.91. The molecule has 21 heavy (non-hydrogen) atoms. The van der Waals surface area contributed by atoms with Crippen LogP contribution in [0.4, 0.5) is 11.4 Å². The minimum atomic E-state index is 0.323. The van der Waals surface area contributed by atoms with Gasteiger partial charge in [-0.2, -0.15) is 0 Å². The van der Waals surface area contributed by atoms with Crippen molar-refractivity contribution in [2.45, 2.75) is 32.7 Å². The minimum absolute atomic E-state index is 0.323. The monoisotopic (exact) mass is 280 g/mol. The van der Waals surface area contributed by atoms with Crippen LogP contribution < -0.4 is 10.2 Å². The molecule has 1 aliphatic heterocycles. The van der Waals surface area contributed by atoms with E-state index in [2.05, 4.69) is 72.6 Å². The maximum absolute atomic E-state index is 3.60. The van der Waals surface area contributed by atoms with Crippen LogP contribution in [0.5, 0.6) is 0 Å². The van der Waals surface area contributed by atoms with E-state index in [9.17, 15) is 0 Å². The predicted octanol–water partition coefficient (Wildman–Crippen LogP) is 4.77. The van der Waals surface area contributed by atoms with E-state index in [1.54, 1.807) is 0 Å². The molecule has 2 aromatic rings. The lowest BCUT2D eigenvalue weighted by atomic mass is 10.0. The molecule has 0 radical (unpaired) electrons. The van der Waals surface area contributed by atoms with Crippen molar-refractivity contribution in [3.8, 4) is 0 Å². The van der Waals surface area contributed by atoms with Crippen molar-refractivity contribution >= 4 is 11.4 Å². The highest BCUT2D eigenvalue weighted by Crippen LogP contribution is 2.25. The summed E-state index contributed by atoms with van der Waals surface area (Å²) < 4.78 is 0. The van der Waals surface area contributed by atoms with Crippen molar-refractivity contribution in [2.24, 2.45) is 0 Å². The quantitative estimate of drug-likeness (QED) is 0.868. The maximum Gasteiger partial charge on any atom is 0.0488 e. The van der Waals surface area contributed by atoms with E-state index >= 15 is 0 Å². The van der Waals surface area contributed by atoms with Crippen LogP contribution in [0.25, 0.3) is 0 Å². The van der Waals surface area contributed by atoms with Gasteiger partial charge in [-0.3, -0.25) is 0 Å². The number of benzene rings is 2. The maximum atomic E-state index is 3.60. The van der Waals surface area contributed by atoms with E-state index < -0.39 is 0 Å². The second-order valence-corrected chi connectivity index (χ2v) is 5.96. The molecule has 1 aliphatic rings. The SMILES string of the molecule is Cc1ccccc1C(C)Nc1ccc(N2CCCC2)cc1. The lowest BCUT2D eigenvalue weighted by Gasteiger charge is -2.20. The predicted molar refractivity (Wildman–Crippen MR) is 91.1 cm³/mol. The smallest absolute Gasteiger partial charge is 0.0488 e. The highest BCUT2D eigenvalue weighted by atomic mass is 15.1. The Hall–Kier alpha value is -1.96. The average molecular weight is 280 g/mol. The third-order valence-corrected chi connectivity index (χ3v) is 4.38. The third-order valence-electron chi connectivity index (χ3n) is 4.38. The van der Waals surface area contributed by atoms with E-state index in [1.807, 2.05) is 0 Å². The van der Waals surface area contributed by atoms with Gasteiger partial charge in [0.15, 0.2) is 0 Å². The number of rotatable bonds is 4. The minimum Gasteiger partial charge on any atom is -0.379 e. The molecular weight excluding hydrogens is 256 g/mol. The topological polar surface area (TPSA) is 15.3 Å². The summed E-state index contributed by atoms with van der Waals surface area (Å²) in [4.78, 5) is 2.47. The van der Waals surface area contributed by atoms with E-state index in [-0.39, 0.29) is 0 Å². The zero-order valence-electron chi connectivity index (χ0n) is 13.0. The Morgan fingerprint density at radius 1 is 0.952 bits per heavy atom. The normalized spacial score (nSPS) is 16.0. The molecule has 0 saturated carbocycles. The lowest BCUT2D eigenvalue weighted by Crippen LogP contribution is -2.17. The lowest BCUT2D eigenvalue weighted by molar-refractivity contribution is 0.874. The van der Waals surface area contributed by atoms with Gasteiger partial charge < -0.3 is 10.2 Å². The molecule has 0 aromatic heterocycles. The molecule has 1 fully saturated rings. The summed E-state index contributed by atoms with van der Waals surface area (Å²) in [6, 6.07) is 17.8. The molecule has 1 atom stereocenters. The Morgan fingerprint density at radius 3 is 2.29 bits per heavy atom. The van der Waals surface area contributed by atoms with E-state index in [4.69, 9.17) is 0 Å². The second-order valence-electron chi connectivity index (χ2n) is 5.96. The van der Waals surface area contributed by atoms with Gasteiger partial charge in [0.25, 0.3) is 0 Å². The van der Waals surface area contributed by atoms with Crippen LogP contribution in [0.15, 0.2) is 48.5 Å². The van der Waals surface area contributed by atoms with Crippen LogP contribution in [-0.2, 0) is 0 Å². The van der Waals surface area contributed by atoms with Crippen LogP contribution in [0.3, 0.4) is 0 Å². The van der Waals surface area contributed by atoms with Crippen LogP contribution in [0.2, 0.25) is 0 Å². The first-order chi connectivity index (χ1) is 10.2. The Balaban J connectivity index is 1.69. The van der Waals surface area contributed by atoms with Crippen molar-refractivity contribution in [2.75, 3.05) is 23.3 Å². The van der Waals surface area contributed by atoms with Gasteiger partial charge in [-0.15, -0.1) is 0 Å². The van der Waals surface area contributed by atoms with Crippen LogP contribution in [0.1, 0.15) is 36.9 Å². The summed E-state index contributed by atoms with van der Waals surface area (Å²) >= 11 is 0. The van der Waals surface area contributed by atoms with E-state index in [0.717, 1.165) is 0 Å². The van der Waals surface area contributed by atoms with Crippen molar-refractivity contribution in [1.29, 1.82) is 0 Å². The number of hydrogen-bond acceptors (Lipinski definition) is 2. The van der Waals surface area contributed by atoms with Gasteiger partial charge in [-0.05, 0) is 62.1 Å². The Labute approximate surface area is 127 Å². The second kappa shape index (κ2) is 6.21. The molecule has 3 rings (SSSR count). The van der Waals surface area contributed by atoms with Crippen LogP contribution in [0, 0.1) is 6.92 Å². The van der Waals surface area contributed by atoms with Crippen molar-refractivity contribution in [1.82, 2.24) is 0 Å². The fourth-order valence-corrected chi connectivity index (χ4v) is 3.14. The fraction of sp³-hybridized carbons (Fsp3) is 0.368. The van der Waals surface area contributed by atoms with E-state index in [0.29, 0.717) is 6.04 Å². The van der Waals surface area contributed by atoms with Crippen LogP contribution >= 0.6 is 0 Å². The molecule has 0 bridgehead atoms. The zero-order valence-corrected chi connectivity index (χ0v) is 13.0. The summed E-state index contributed by atoms with van der Waals surface area (Å²) in [5.41, 5.74) is 5.24. The largest absolute Gasteiger partial charge is 0.379 e. The highest BCUT2D eigenvalue weighted by Gasteiger charge is 2.12.